The number of nitrogens with one attached hydrogen (secondary N) is 1. The van der Waals surface area contributed by atoms with Gasteiger partial charge in [0.15, 0.2) is 0 Å². The van der Waals surface area contributed by atoms with Crippen LogP contribution in [-0.4, -0.2) is 11.1 Å². The molecule has 0 saturated heterocycles. The Morgan fingerprint density at radius 3 is 2.67 bits per heavy atom. The molecule has 1 aromatic heterocycles. The third-order valence-electron chi connectivity index (χ3n) is 1.70. The van der Waals surface area contributed by atoms with E-state index in [1.54, 1.807) is 0 Å². The molecule has 0 unspecified atom stereocenters. The minimum atomic E-state index is -0.0463. The van der Waals surface area contributed by atoms with Crippen molar-refractivity contribution >= 4 is 5.91 Å². The highest BCUT2D eigenvalue weighted by Gasteiger charge is 2.07. The molecule has 0 atom stereocenters. The Hall–Kier alpha value is -1.32. The van der Waals surface area contributed by atoms with Crippen LogP contribution in [0.2, 0.25) is 0 Å². The second-order valence-corrected chi connectivity index (χ2v) is 2.71. The highest BCUT2D eigenvalue weighted by molar-refractivity contribution is 5.72. The molecule has 1 rings (SSSR count). The summed E-state index contributed by atoms with van der Waals surface area (Å²) >= 11 is 0. The standard InChI is InChI=1S/C8H12N2O2/c1-5-8(4-9-7(3)11)6(2)12-10-5/h4H2,1-3H3,(H,9,11). The van der Waals surface area contributed by atoms with Crippen molar-refractivity contribution in [2.45, 2.75) is 27.3 Å². The first kappa shape index (κ1) is 8.77. The first-order valence-electron chi connectivity index (χ1n) is 3.77. The van der Waals surface area contributed by atoms with E-state index in [4.69, 9.17) is 4.52 Å². The average molecular weight is 168 g/mol. The zero-order chi connectivity index (χ0) is 9.14. The fraction of sp³-hybridized carbons (Fsp3) is 0.500. The predicted molar refractivity (Wildman–Crippen MR) is 43.5 cm³/mol. The summed E-state index contributed by atoms with van der Waals surface area (Å²) in [5.74, 6) is 0.719. The molecule has 12 heavy (non-hydrogen) atoms. The Balaban J connectivity index is 2.68. The lowest BCUT2D eigenvalue weighted by atomic mass is 10.2. The molecule has 0 aliphatic heterocycles. The number of aryl methyl sites for hydroxylation is 2. The predicted octanol–water partition coefficient (Wildman–Crippen LogP) is 0.928. The van der Waals surface area contributed by atoms with Gasteiger partial charge in [-0.3, -0.25) is 4.79 Å². The highest BCUT2D eigenvalue weighted by atomic mass is 16.5. The van der Waals surface area contributed by atoms with E-state index in [0.29, 0.717) is 6.54 Å². The second-order valence-electron chi connectivity index (χ2n) is 2.71. The van der Waals surface area contributed by atoms with Crippen LogP contribution in [0, 0.1) is 13.8 Å². The molecule has 0 aliphatic carbocycles. The van der Waals surface area contributed by atoms with Crippen molar-refractivity contribution in [3.63, 3.8) is 0 Å². The number of nitrogens with zero attached hydrogens (tertiary/aromatic N) is 1. The lowest BCUT2D eigenvalue weighted by molar-refractivity contribution is -0.119. The molecule has 0 saturated carbocycles. The van der Waals surface area contributed by atoms with E-state index in [1.807, 2.05) is 13.8 Å². The minimum Gasteiger partial charge on any atom is -0.361 e. The maximum absolute atomic E-state index is 10.6. The molecule has 0 aliphatic rings. The van der Waals surface area contributed by atoms with Crippen molar-refractivity contribution in [2.75, 3.05) is 0 Å². The third kappa shape index (κ3) is 1.84. The fourth-order valence-corrected chi connectivity index (χ4v) is 0.967. The van der Waals surface area contributed by atoms with Crippen LogP contribution in [0.3, 0.4) is 0 Å². The van der Waals surface area contributed by atoms with Gasteiger partial charge in [0.05, 0.1) is 5.69 Å². The van der Waals surface area contributed by atoms with Gasteiger partial charge in [0.25, 0.3) is 0 Å². The van der Waals surface area contributed by atoms with Gasteiger partial charge in [0, 0.05) is 19.0 Å². The van der Waals surface area contributed by atoms with Crippen molar-refractivity contribution in [3.8, 4) is 0 Å². The Labute approximate surface area is 70.9 Å². The molecule has 0 bridgehead atoms. The van der Waals surface area contributed by atoms with Crippen LogP contribution >= 0.6 is 0 Å². The van der Waals surface area contributed by atoms with Gasteiger partial charge in [-0.1, -0.05) is 5.16 Å². The van der Waals surface area contributed by atoms with E-state index in [0.717, 1.165) is 17.0 Å². The maximum Gasteiger partial charge on any atom is 0.217 e. The minimum absolute atomic E-state index is 0.0463. The van der Waals surface area contributed by atoms with E-state index in [9.17, 15) is 4.79 Å². The summed E-state index contributed by atoms with van der Waals surface area (Å²) in [4.78, 5) is 10.6. The van der Waals surface area contributed by atoms with Crippen molar-refractivity contribution in [2.24, 2.45) is 0 Å². The van der Waals surface area contributed by atoms with Crippen LogP contribution in [0.1, 0.15) is 23.9 Å². The lowest BCUT2D eigenvalue weighted by Crippen LogP contribution is -2.19. The smallest absolute Gasteiger partial charge is 0.217 e. The molecular formula is C8H12N2O2. The summed E-state index contributed by atoms with van der Waals surface area (Å²) in [6.45, 7) is 5.67. The molecule has 1 heterocycles. The zero-order valence-corrected chi connectivity index (χ0v) is 7.47. The Bertz CT molecular complexity index is 272. The van der Waals surface area contributed by atoms with Crippen LogP contribution in [-0.2, 0) is 11.3 Å². The average Bonchev–Trinajstić information content (AvgIpc) is 2.28. The second kappa shape index (κ2) is 3.38. The fourth-order valence-electron chi connectivity index (χ4n) is 0.967. The molecular weight excluding hydrogens is 156 g/mol. The molecule has 66 valence electrons. The van der Waals surface area contributed by atoms with Gasteiger partial charge in [0.2, 0.25) is 5.91 Å². The Kier molecular flexibility index (Phi) is 2.47. The number of hydrogen-bond acceptors (Lipinski definition) is 3. The number of rotatable bonds is 2. The number of carbonyl (C=O) groups excluding carboxylic acids is 1. The van der Waals surface area contributed by atoms with E-state index in [2.05, 4.69) is 10.5 Å². The third-order valence-corrected chi connectivity index (χ3v) is 1.70. The molecule has 1 N–H and O–H groups in total. The van der Waals surface area contributed by atoms with Gasteiger partial charge in [-0.05, 0) is 13.8 Å². The largest absolute Gasteiger partial charge is 0.361 e. The van der Waals surface area contributed by atoms with E-state index in [1.165, 1.54) is 6.92 Å². The zero-order valence-electron chi connectivity index (χ0n) is 7.47. The summed E-state index contributed by atoms with van der Waals surface area (Å²) < 4.78 is 4.93. The van der Waals surface area contributed by atoms with Crippen LogP contribution in [0.4, 0.5) is 0 Å². The quantitative estimate of drug-likeness (QED) is 0.714. The first-order chi connectivity index (χ1) is 5.61. The first-order valence-corrected chi connectivity index (χ1v) is 3.77. The van der Waals surface area contributed by atoms with Gasteiger partial charge in [0.1, 0.15) is 5.76 Å². The van der Waals surface area contributed by atoms with Crippen molar-refractivity contribution in [1.29, 1.82) is 0 Å². The van der Waals surface area contributed by atoms with Crippen LogP contribution in [0.5, 0.6) is 0 Å². The molecule has 0 aromatic carbocycles. The molecule has 4 heteroatoms. The van der Waals surface area contributed by atoms with Gasteiger partial charge in [-0.2, -0.15) is 0 Å². The summed E-state index contributed by atoms with van der Waals surface area (Å²) in [5, 5.41) is 6.46. The van der Waals surface area contributed by atoms with Gasteiger partial charge >= 0.3 is 0 Å². The van der Waals surface area contributed by atoms with Gasteiger partial charge < -0.3 is 9.84 Å². The molecule has 1 aromatic rings. The molecule has 0 spiro atoms. The van der Waals surface area contributed by atoms with Crippen LogP contribution < -0.4 is 5.32 Å². The summed E-state index contributed by atoms with van der Waals surface area (Å²) in [6.07, 6.45) is 0. The van der Waals surface area contributed by atoms with E-state index < -0.39 is 0 Å². The number of amides is 1. The van der Waals surface area contributed by atoms with Crippen molar-refractivity contribution in [3.05, 3.63) is 17.0 Å². The summed E-state index contributed by atoms with van der Waals surface area (Å²) in [7, 11) is 0. The number of carbonyl (C=O) groups is 1. The van der Waals surface area contributed by atoms with E-state index in [-0.39, 0.29) is 5.91 Å². The highest BCUT2D eigenvalue weighted by Crippen LogP contribution is 2.10. The molecule has 0 fully saturated rings. The molecule has 1 amide bonds. The number of hydrogen-bond donors (Lipinski definition) is 1. The summed E-state index contributed by atoms with van der Waals surface area (Å²) in [6, 6.07) is 0. The van der Waals surface area contributed by atoms with Crippen LogP contribution in [0.15, 0.2) is 4.52 Å². The maximum atomic E-state index is 10.6. The van der Waals surface area contributed by atoms with Crippen LogP contribution in [0.25, 0.3) is 0 Å². The Morgan fingerprint density at radius 1 is 1.58 bits per heavy atom. The van der Waals surface area contributed by atoms with E-state index >= 15 is 0 Å². The molecule has 4 nitrogen and oxygen atoms in total. The summed E-state index contributed by atoms with van der Waals surface area (Å²) in [5.41, 5.74) is 1.80. The normalized spacial score (nSPS) is 9.92. The Morgan fingerprint density at radius 2 is 2.25 bits per heavy atom. The van der Waals surface area contributed by atoms with Gasteiger partial charge in [-0.25, -0.2) is 0 Å². The lowest BCUT2D eigenvalue weighted by Gasteiger charge is -1.99. The monoisotopic (exact) mass is 168 g/mol. The van der Waals surface area contributed by atoms with Gasteiger partial charge in [-0.15, -0.1) is 0 Å². The molecule has 0 radical (unpaired) electrons. The van der Waals surface area contributed by atoms with Crippen molar-refractivity contribution < 1.29 is 9.32 Å². The van der Waals surface area contributed by atoms with Crippen molar-refractivity contribution in [1.82, 2.24) is 10.5 Å². The SMILES string of the molecule is CC(=O)NCc1c(C)noc1C. The number of aromatic nitrogens is 1. The topological polar surface area (TPSA) is 55.1 Å².